The van der Waals surface area contributed by atoms with Crippen LogP contribution >= 0.6 is 11.8 Å². The van der Waals surface area contributed by atoms with E-state index < -0.39 is 0 Å². The van der Waals surface area contributed by atoms with E-state index in [2.05, 4.69) is 50.0 Å². The van der Waals surface area contributed by atoms with Crippen LogP contribution in [0.1, 0.15) is 44.9 Å². The highest BCUT2D eigenvalue weighted by atomic mass is 32.2. The van der Waals surface area contributed by atoms with Gasteiger partial charge in [-0.1, -0.05) is 20.8 Å². The second-order valence-corrected chi connectivity index (χ2v) is 6.96. The third-order valence-electron chi connectivity index (χ3n) is 3.72. The van der Waals surface area contributed by atoms with Gasteiger partial charge in [-0.05, 0) is 37.1 Å². The van der Waals surface area contributed by atoms with Crippen LogP contribution in [-0.2, 0) is 6.54 Å². The molecule has 1 saturated heterocycles. The summed E-state index contributed by atoms with van der Waals surface area (Å²) < 4.78 is 0. The van der Waals surface area contributed by atoms with Crippen molar-refractivity contribution in [3.8, 4) is 0 Å². The summed E-state index contributed by atoms with van der Waals surface area (Å²) in [6.07, 6.45) is 0. The molecule has 0 amide bonds. The summed E-state index contributed by atoms with van der Waals surface area (Å²) in [5.74, 6) is 4.05. The van der Waals surface area contributed by atoms with E-state index >= 15 is 0 Å². The normalized spacial score (nSPS) is 19.6. The molecule has 1 aliphatic heterocycles. The van der Waals surface area contributed by atoms with Crippen molar-refractivity contribution in [1.82, 2.24) is 10.3 Å². The van der Waals surface area contributed by atoms with E-state index in [1.807, 2.05) is 11.8 Å². The first-order chi connectivity index (χ1) is 9.61. The molecule has 0 radical (unpaired) electrons. The van der Waals surface area contributed by atoms with E-state index in [0.717, 1.165) is 25.5 Å². The molecule has 1 N–H and O–H groups in total. The summed E-state index contributed by atoms with van der Waals surface area (Å²) >= 11 is 2.05. The molecule has 2 rings (SSSR count). The first kappa shape index (κ1) is 15.6. The maximum Gasteiger partial charge on any atom is 0.129 e. The van der Waals surface area contributed by atoms with Crippen LogP contribution in [0.5, 0.6) is 0 Å². The lowest BCUT2D eigenvalue weighted by molar-refractivity contribution is 0.677. The SMILES string of the molecule is CCNCc1cc(C(C)C)nc(N2CCSCC2C)c1. The highest BCUT2D eigenvalue weighted by molar-refractivity contribution is 7.99. The highest BCUT2D eigenvalue weighted by Crippen LogP contribution is 2.25. The van der Waals surface area contributed by atoms with E-state index in [4.69, 9.17) is 4.98 Å². The lowest BCUT2D eigenvalue weighted by atomic mass is 10.1. The zero-order valence-electron chi connectivity index (χ0n) is 13.1. The van der Waals surface area contributed by atoms with Gasteiger partial charge >= 0.3 is 0 Å². The summed E-state index contributed by atoms with van der Waals surface area (Å²) in [6.45, 7) is 11.9. The second kappa shape index (κ2) is 7.32. The molecule has 0 saturated carbocycles. The van der Waals surface area contributed by atoms with Gasteiger partial charge in [-0.15, -0.1) is 0 Å². The summed E-state index contributed by atoms with van der Waals surface area (Å²) in [4.78, 5) is 7.37. The van der Waals surface area contributed by atoms with E-state index in [1.54, 1.807) is 0 Å². The molecule has 1 aliphatic rings. The summed E-state index contributed by atoms with van der Waals surface area (Å²) in [6, 6.07) is 5.09. The topological polar surface area (TPSA) is 28.2 Å². The third kappa shape index (κ3) is 3.89. The maximum atomic E-state index is 4.90. The van der Waals surface area contributed by atoms with Crippen molar-refractivity contribution >= 4 is 17.6 Å². The fraction of sp³-hybridized carbons (Fsp3) is 0.688. The van der Waals surface area contributed by atoms with E-state index in [-0.39, 0.29) is 0 Å². The van der Waals surface area contributed by atoms with Crippen LogP contribution < -0.4 is 10.2 Å². The van der Waals surface area contributed by atoms with Crippen molar-refractivity contribution in [3.05, 3.63) is 23.4 Å². The first-order valence-electron chi connectivity index (χ1n) is 7.67. The number of nitrogens with one attached hydrogen (secondary N) is 1. The van der Waals surface area contributed by atoms with E-state index in [0.29, 0.717) is 12.0 Å². The fourth-order valence-electron chi connectivity index (χ4n) is 2.48. The van der Waals surface area contributed by atoms with E-state index in [1.165, 1.54) is 22.8 Å². The fourth-order valence-corrected chi connectivity index (χ4v) is 3.49. The molecule has 0 bridgehead atoms. The van der Waals surface area contributed by atoms with Crippen molar-refractivity contribution in [2.75, 3.05) is 29.5 Å². The molecule has 0 aliphatic carbocycles. The van der Waals surface area contributed by atoms with Crippen LogP contribution in [-0.4, -0.2) is 35.6 Å². The van der Waals surface area contributed by atoms with Crippen LogP contribution in [0.4, 0.5) is 5.82 Å². The number of aromatic nitrogens is 1. The van der Waals surface area contributed by atoms with Gasteiger partial charge in [0, 0.05) is 36.3 Å². The number of pyridine rings is 1. The molecule has 1 aromatic heterocycles. The molecule has 1 unspecified atom stereocenters. The predicted molar refractivity (Wildman–Crippen MR) is 89.8 cm³/mol. The van der Waals surface area contributed by atoms with Gasteiger partial charge in [0.05, 0.1) is 0 Å². The van der Waals surface area contributed by atoms with Crippen LogP contribution in [0.25, 0.3) is 0 Å². The van der Waals surface area contributed by atoms with Gasteiger partial charge in [0.15, 0.2) is 0 Å². The third-order valence-corrected chi connectivity index (χ3v) is 4.91. The maximum absolute atomic E-state index is 4.90. The van der Waals surface area contributed by atoms with Crippen molar-refractivity contribution in [3.63, 3.8) is 0 Å². The molecule has 0 aromatic carbocycles. The van der Waals surface area contributed by atoms with Crippen molar-refractivity contribution in [2.45, 2.75) is 46.2 Å². The summed E-state index contributed by atoms with van der Waals surface area (Å²) in [7, 11) is 0. The molecule has 3 nitrogen and oxygen atoms in total. The Morgan fingerprint density at radius 1 is 1.45 bits per heavy atom. The molecule has 20 heavy (non-hydrogen) atoms. The Hall–Kier alpha value is -0.740. The van der Waals surface area contributed by atoms with Crippen LogP contribution in [0.2, 0.25) is 0 Å². The molecule has 112 valence electrons. The average molecular weight is 293 g/mol. The molecule has 0 spiro atoms. The molecular weight excluding hydrogens is 266 g/mol. The van der Waals surface area contributed by atoms with Gasteiger partial charge < -0.3 is 10.2 Å². The molecule has 1 atom stereocenters. The zero-order valence-corrected chi connectivity index (χ0v) is 14.0. The largest absolute Gasteiger partial charge is 0.352 e. The number of hydrogen-bond acceptors (Lipinski definition) is 4. The minimum absolute atomic E-state index is 0.477. The number of rotatable bonds is 5. The molecule has 2 heterocycles. The van der Waals surface area contributed by atoms with Gasteiger partial charge in [0.2, 0.25) is 0 Å². The lowest BCUT2D eigenvalue weighted by Gasteiger charge is -2.34. The minimum atomic E-state index is 0.477. The quantitative estimate of drug-likeness (QED) is 0.902. The summed E-state index contributed by atoms with van der Waals surface area (Å²) in [5.41, 5.74) is 2.56. The first-order valence-corrected chi connectivity index (χ1v) is 8.83. The van der Waals surface area contributed by atoms with Crippen molar-refractivity contribution in [1.29, 1.82) is 0 Å². The Morgan fingerprint density at radius 3 is 2.90 bits per heavy atom. The van der Waals surface area contributed by atoms with Gasteiger partial charge in [-0.2, -0.15) is 11.8 Å². The Morgan fingerprint density at radius 2 is 2.25 bits per heavy atom. The van der Waals surface area contributed by atoms with Crippen molar-refractivity contribution < 1.29 is 0 Å². The summed E-state index contributed by atoms with van der Waals surface area (Å²) in [5, 5.41) is 3.42. The number of thioether (sulfide) groups is 1. The zero-order chi connectivity index (χ0) is 14.5. The lowest BCUT2D eigenvalue weighted by Crippen LogP contribution is -2.41. The van der Waals surface area contributed by atoms with E-state index in [9.17, 15) is 0 Å². The Kier molecular flexibility index (Phi) is 5.73. The number of hydrogen-bond donors (Lipinski definition) is 1. The van der Waals surface area contributed by atoms with Crippen LogP contribution in [0.3, 0.4) is 0 Å². The Labute approximate surface area is 127 Å². The standard InChI is InChI=1S/C16H27N3S/c1-5-17-10-14-8-15(12(2)3)18-16(9-14)19-6-7-20-11-13(19)4/h8-9,12-13,17H,5-7,10-11H2,1-4H3. The van der Waals surface area contributed by atoms with Crippen molar-refractivity contribution in [2.24, 2.45) is 0 Å². The van der Waals surface area contributed by atoms with Gasteiger partial charge in [0.1, 0.15) is 5.82 Å². The monoisotopic (exact) mass is 293 g/mol. The second-order valence-electron chi connectivity index (χ2n) is 5.81. The molecule has 1 aromatic rings. The average Bonchev–Trinajstić information content (AvgIpc) is 2.45. The molecule has 1 fully saturated rings. The predicted octanol–water partition coefficient (Wildman–Crippen LogP) is 3.26. The molecule has 4 heteroatoms. The van der Waals surface area contributed by atoms with Crippen LogP contribution in [0.15, 0.2) is 12.1 Å². The number of anilines is 1. The highest BCUT2D eigenvalue weighted by Gasteiger charge is 2.21. The minimum Gasteiger partial charge on any atom is -0.352 e. The van der Waals surface area contributed by atoms with Crippen LogP contribution in [0, 0.1) is 0 Å². The van der Waals surface area contributed by atoms with Gasteiger partial charge in [-0.3, -0.25) is 0 Å². The Bertz CT molecular complexity index is 434. The smallest absolute Gasteiger partial charge is 0.129 e. The van der Waals surface area contributed by atoms with Gasteiger partial charge in [-0.25, -0.2) is 4.98 Å². The van der Waals surface area contributed by atoms with Gasteiger partial charge in [0.25, 0.3) is 0 Å². The molecular formula is C16H27N3S. The Balaban J connectivity index is 2.27. The number of nitrogens with zero attached hydrogens (tertiary/aromatic N) is 2.